The lowest BCUT2D eigenvalue weighted by Gasteiger charge is -2.20. The van der Waals surface area contributed by atoms with Gasteiger partial charge in [0, 0.05) is 12.8 Å². The Morgan fingerprint density at radius 2 is 1.23 bits per heavy atom. The van der Waals surface area contributed by atoms with Crippen LogP contribution in [0.25, 0.3) is 0 Å². The number of allylic oxidation sites excluding steroid dienone is 12. The van der Waals surface area contributed by atoms with E-state index in [4.69, 9.17) is 24.8 Å². The third-order valence-corrected chi connectivity index (χ3v) is 9.17. The molecule has 0 rings (SSSR count). The molecule has 0 radical (unpaired) electrons. The average molecular weight is 822 g/mol. The summed E-state index contributed by atoms with van der Waals surface area (Å²) in [5.74, 6) is -2.55. The molecule has 0 amide bonds. The predicted octanol–water partition coefficient (Wildman–Crippen LogP) is 9.69. The van der Waals surface area contributed by atoms with Crippen LogP contribution in [0.4, 0.5) is 0 Å². The van der Waals surface area contributed by atoms with Crippen molar-refractivity contribution in [3.8, 4) is 0 Å². The van der Waals surface area contributed by atoms with Crippen LogP contribution in [0.3, 0.4) is 0 Å². The maximum Gasteiger partial charge on any atom is 0.472 e. The highest BCUT2D eigenvalue weighted by molar-refractivity contribution is 7.47. The molecule has 0 aromatic carbocycles. The van der Waals surface area contributed by atoms with Crippen LogP contribution in [0, 0.1) is 0 Å². The van der Waals surface area contributed by atoms with Gasteiger partial charge in [-0.2, -0.15) is 0 Å². The summed E-state index contributed by atoms with van der Waals surface area (Å²) in [6, 6.07) is -1.54. The van der Waals surface area contributed by atoms with E-state index in [0.29, 0.717) is 25.7 Å². The van der Waals surface area contributed by atoms with Crippen LogP contribution in [0.5, 0.6) is 0 Å². The van der Waals surface area contributed by atoms with Crippen molar-refractivity contribution in [3.63, 3.8) is 0 Å². The first-order valence-electron chi connectivity index (χ1n) is 20.7. The third-order valence-electron chi connectivity index (χ3n) is 8.22. The summed E-state index contributed by atoms with van der Waals surface area (Å²) in [4.78, 5) is 45.8. The number of hydrogen-bond donors (Lipinski definition) is 4. The lowest BCUT2D eigenvalue weighted by molar-refractivity contribution is -0.161. The molecular weight excluding hydrogens is 749 g/mol. The molecule has 0 aliphatic rings. The van der Waals surface area contributed by atoms with E-state index in [1.807, 2.05) is 54.7 Å². The number of aliphatic hydroxyl groups excluding tert-OH is 1. The monoisotopic (exact) mass is 821 g/mol. The van der Waals surface area contributed by atoms with Crippen molar-refractivity contribution >= 4 is 25.7 Å². The van der Waals surface area contributed by atoms with Gasteiger partial charge in [-0.1, -0.05) is 137 Å². The largest absolute Gasteiger partial charge is 0.480 e. The van der Waals surface area contributed by atoms with E-state index in [9.17, 15) is 28.9 Å². The lowest BCUT2D eigenvalue weighted by atomic mass is 10.1. The van der Waals surface area contributed by atoms with Gasteiger partial charge in [0.2, 0.25) is 0 Å². The molecule has 0 saturated carbocycles. The molecule has 13 heteroatoms. The average Bonchev–Trinajstić information content (AvgIpc) is 3.18. The van der Waals surface area contributed by atoms with Gasteiger partial charge in [0.25, 0.3) is 0 Å². The van der Waals surface area contributed by atoms with Crippen molar-refractivity contribution in [3.05, 3.63) is 85.1 Å². The molecule has 2 unspecified atom stereocenters. The van der Waals surface area contributed by atoms with Crippen molar-refractivity contribution in [1.29, 1.82) is 0 Å². The molecule has 0 spiro atoms. The molecule has 0 fully saturated rings. The molecule has 0 bridgehead atoms. The number of phosphoric ester groups is 1. The second kappa shape index (κ2) is 38.2. The second-order valence-electron chi connectivity index (χ2n) is 13.6. The minimum absolute atomic E-state index is 0.0673. The van der Waals surface area contributed by atoms with E-state index < -0.39 is 63.8 Å². The number of aliphatic carboxylic acids is 1. The van der Waals surface area contributed by atoms with Crippen molar-refractivity contribution in [2.45, 2.75) is 154 Å². The van der Waals surface area contributed by atoms with Gasteiger partial charge in [-0.3, -0.25) is 23.4 Å². The fourth-order valence-electron chi connectivity index (χ4n) is 4.93. The summed E-state index contributed by atoms with van der Waals surface area (Å²) < 4.78 is 32.5. The number of ether oxygens (including phenoxy) is 2. The van der Waals surface area contributed by atoms with Crippen molar-refractivity contribution in [1.82, 2.24) is 0 Å². The number of nitrogens with two attached hydrogens (primary N) is 1. The molecule has 0 aromatic heterocycles. The SMILES string of the molecule is CC/C=C\C/C=C\CC(O)/C=C/C=C\C/C=C\C/C=C\CCC(=O)OC[C@H](COP(=O)(O)OC[C@H](N)C(=O)O)OC(=O)CCCCCCC/C=C\CCCCCC. The highest BCUT2D eigenvalue weighted by Gasteiger charge is 2.28. The zero-order chi connectivity index (χ0) is 42.2. The van der Waals surface area contributed by atoms with Crippen LogP contribution >= 0.6 is 7.82 Å². The maximum absolute atomic E-state index is 12.6. The van der Waals surface area contributed by atoms with Crippen molar-refractivity contribution in [2.75, 3.05) is 19.8 Å². The number of unbranched alkanes of at least 4 members (excludes halogenated alkanes) is 9. The smallest absolute Gasteiger partial charge is 0.472 e. The Morgan fingerprint density at radius 3 is 1.91 bits per heavy atom. The summed E-state index contributed by atoms with van der Waals surface area (Å²) in [6.45, 7) is 2.48. The molecule has 324 valence electrons. The van der Waals surface area contributed by atoms with Crippen molar-refractivity contribution < 1.29 is 52.6 Å². The highest BCUT2D eigenvalue weighted by Crippen LogP contribution is 2.43. The molecule has 0 aliphatic heterocycles. The van der Waals surface area contributed by atoms with Gasteiger partial charge in [0.1, 0.15) is 12.6 Å². The molecule has 0 aromatic rings. The van der Waals surface area contributed by atoms with E-state index in [-0.39, 0.29) is 12.8 Å². The van der Waals surface area contributed by atoms with Gasteiger partial charge in [-0.05, 0) is 70.6 Å². The molecule has 0 aliphatic carbocycles. The molecule has 4 atom stereocenters. The van der Waals surface area contributed by atoms with Crippen LogP contribution in [-0.2, 0) is 37.5 Å². The first-order valence-corrected chi connectivity index (χ1v) is 22.2. The number of carboxylic acids is 1. The van der Waals surface area contributed by atoms with Gasteiger partial charge in [0.05, 0.1) is 19.3 Å². The summed E-state index contributed by atoms with van der Waals surface area (Å²) in [6.07, 6.45) is 42.6. The predicted molar refractivity (Wildman–Crippen MR) is 227 cm³/mol. The second-order valence-corrected chi connectivity index (χ2v) is 15.0. The Kier molecular flexibility index (Phi) is 35.9. The van der Waals surface area contributed by atoms with Crippen LogP contribution in [0.15, 0.2) is 85.1 Å². The van der Waals surface area contributed by atoms with Gasteiger partial charge in [0.15, 0.2) is 6.10 Å². The summed E-state index contributed by atoms with van der Waals surface area (Å²) in [5.41, 5.74) is 5.32. The minimum Gasteiger partial charge on any atom is -0.480 e. The van der Waals surface area contributed by atoms with Gasteiger partial charge in [-0.25, -0.2) is 4.57 Å². The Balaban J connectivity index is 4.59. The van der Waals surface area contributed by atoms with E-state index in [2.05, 4.69) is 42.7 Å². The summed E-state index contributed by atoms with van der Waals surface area (Å²) in [7, 11) is -4.75. The minimum atomic E-state index is -4.75. The fourth-order valence-corrected chi connectivity index (χ4v) is 5.71. The Hall–Kier alpha value is -3.38. The number of carbonyl (C=O) groups excluding carboxylic acids is 2. The highest BCUT2D eigenvalue weighted by atomic mass is 31.2. The zero-order valence-corrected chi connectivity index (χ0v) is 35.4. The van der Waals surface area contributed by atoms with E-state index >= 15 is 0 Å². The van der Waals surface area contributed by atoms with Crippen LogP contribution < -0.4 is 5.73 Å². The standard InChI is InChI=1S/C44H72NO11P/c1-3-5-7-9-11-12-13-14-15-20-23-27-31-35-43(48)56-40(37-54-57(51,52)55-38-41(45)44(49)50)36-53-42(47)34-30-26-22-19-17-16-18-21-25-29-33-39(46)32-28-24-10-8-6-4-2/h6,8,12-13,16-17,21-22,24-26,28-29,33,39-41,46H,3-5,7,9-11,14-15,18-20,23,27,30-32,34-38,45H2,1-2H3,(H,49,50)(H,51,52)/b8-6-,13-12-,17-16-,25-21-,26-22-,28-24-,33-29+/t39?,40-,41+/m1/s1. The number of esters is 2. The number of carboxylic acid groups (broad SMARTS) is 1. The Bertz CT molecular complexity index is 1300. The van der Waals surface area contributed by atoms with Crippen LogP contribution in [0.2, 0.25) is 0 Å². The van der Waals surface area contributed by atoms with Gasteiger partial charge >= 0.3 is 25.7 Å². The summed E-state index contributed by atoms with van der Waals surface area (Å²) >= 11 is 0. The van der Waals surface area contributed by atoms with Crippen LogP contribution in [0.1, 0.15) is 136 Å². The van der Waals surface area contributed by atoms with Crippen LogP contribution in [-0.4, -0.2) is 71.1 Å². The fraction of sp³-hybridized carbons (Fsp3) is 0.614. The number of aliphatic hydroxyl groups is 1. The molecule has 0 saturated heterocycles. The van der Waals surface area contributed by atoms with Gasteiger partial charge in [-0.15, -0.1) is 0 Å². The zero-order valence-electron chi connectivity index (χ0n) is 34.5. The number of rotatable bonds is 37. The molecular formula is C44H72NO11P. The topological polar surface area (TPSA) is 192 Å². The molecule has 5 N–H and O–H groups in total. The molecule has 0 heterocycles. The Morgan fingerprint density at radius 1 is 0.649 bits per heavy atom. The Labute approximate surface area is 342 Å². The number of hydrogen-bond acceptors (Lipinski definition) is 10. The number of phosphoric acid groups is 1. The third kappa shape index (κ3) is 37.9. The van der Waals surface area contributed by atoms with Gasteiger partial charge < -0.3 is 30.3 Å². The normalized spacial score (nSPS) is 15.2. The molecule has 12 nitrogen and oxygen atoms in total. The lowest BCUT2D eigenvalue weighted by Crippen LogP contribution is -2.34. The number of carbonyl (C=O) groups is 3. The quantitative estimate of drug-likeness (QED) is 0.0153. The maximum atomic E-state index is 12.6. The summed E-state index contributed by atoms with van der Waals surface area (Å²) in [5, 5.41) is 18.9. The first kappa shape index (κ1) is 53.6. The van der Waals surface area contributed by atoms with E-state index in [1.54, 1.807) is 6.08 Å². The molecule has 57 heavy (non-hydrogen) atoms. The van der Waals surface area contributed by atoms with E-state index in [0.717, 1.165) is 57.8 Å². The van der Waals surface area contributed by atoms with E-state index in [1.165, 1.54) is 25.7 Å². The first-order chi connectivity index (χ1) is 27.5. The van der Waals surface area contributed by atoms with Crippen molar-refractivity contribution in [2.24, 2.45) is 5.73 Å².